The van der Waals surface area contributed by atoms with Gasteiger partial charge in [0.25, 0.3) is 0 Å². The number of nitriles is 1. The molecule has 1 aromatic rings. The fraction of sp³-hybridized carbons (Fsp3) is 0.400. The lowest BCUT2D eigenvalue weighted by Crippen LogP contribution is -2.17. The molecule has 0 fully saturated rings. The van der Waals surface area contributed by atoms with Crippen LogP contribution in [0.1, 0.15) is 5.56 Å². The number of rotatable bonds is 2. The van der Waals surface area contributed by atoms with Gasteiger partial charge < -0.3 is 9.80 Å². The standard InChI is InChI=1S/C10H13BrN4/c1-14(2)9-7(5-12)10(15(3)4)13-6-8(9)11/h6H,1-4H3. The van der Waals surface area contributed by atoms with Crippen molar-refractivity contribution in [1.82, 2.24) is 4.98 Å². The van der Waals surface area contributed by atoms with Crippen LogP contribution in [-0.4, -0.2) is 33.2 Å². The summed E-state index contributed by atoms with van der Waals surface area (Å²) in [6.45, 7) is 0. The fourth-order valence-corrected chi connectivity index (χ4v) is 2.00. The molecule has 0 spiro atoms. The minimum absolute atomic E-state index is 0.583. The van der Waals surface area contributed by atoms with E-state index in [0.717, 1.165) is 10.2 Å². The second-order valence-corrected chi connectivity index (χ2v) is 4.41. The van der Waals surface area contributed by atoms with Gasteiger partial charge in [0, 0.05) is 34.4 Å². The van der Waals surface area contributed by atoms with Gasteiger partial charge in [0.2, 0.25) is 0 Å². The molecule has 0 unspecified atom stereocenters. The molecule has 80 valence electrons. The van der Waals surface area contributed by atoms with Gasteiger partial charge in [-0.15, -0.1) is 0 Å². The van der Waals surface area contributed by atoms with Crippen molar-refractivity contribution in [3.8, 4) is 6.07 Å². The molecule has 5 heteroatoms. The number of anilines is 2. The lowest BCUT2D eigenvalue weighted by Gasteiger charge is -2.20. The van der Waals surface area contributed by atoms with Crippen LogP contribution < -0.4 is 9.80 Å². The highest BCUT2D eigenvalue weighted by atomic mass is 79.9. The molecule has 1 rings (SSSR count). The number of aromatic nitrogens is 1. The van der Waals surface area contributed by atoms with Crippen LogP contribution in [-0.2, 0) is 0 Å². The fourth-order valence-electron chi connectivity index (χ4n) is 1.35. The summed E-state index contributed by atoms with van der Waals surface area (Å²) in [7, 11) is 7.55. The Hall–Kier alpha value is -1.28. The van der Waals surface area contributed by atoms with E-state index in [4.69, 9.17) is 5.26 Å². The van der Waals surface area contributed by atoms with E-state index >= 15 is 0 Å². The predicted molar refractivity (Wildman–Crippen MR) is 65.3 cm³/mol. The zero-order chi connectivity index (χ0) is 11.6. The zero-order valence-electron chi connectivity index (χ0n) is 9.24. The molecule has 0 aliphatic heterocycles. The first kappa shape index (κ1) is 11.8. The summed E-state index contributed by atoms with van der Waals surface area (Å²) >= 11 is 3.40. The SMILES string of the molecule is CN(C)c1ncc(Br)c(N(C)C)c1C#N. The van der Waals surface area contributed by atoms with Crippen molar-refractivity contribution in [2.24, 2.45) is 0 Å². The number of hydrogen-bond donors (Lipinski definition) is 0. The molecule has 15 heavy (non-hydrogen) atoms. The smallest absolute Gasteiger partial charge is 0.148 e. The van der Waals surface area contributed by atoms with Crippen LogP contribution in [0.25, 0.3) is 0 Å². The molecule has 0 atom stereocenters. The highest BCUT2D eigenvalue weighted by Gasteiger charge is 2.16. The molecule has 0 saturated carbocycles. The van der Waals surface area contributed by atoms with Gasteiger partial charge >= 0.3 is 0 Å². The van der Waals surface area contributed by atoms with E-state index in [9.17, 15) is 0 Å². The first-order chi connectivity index (χ1) is 6.99. The molecule has 0 aliphatic carbocycles. The lowest BCUT2D eigenvalue weighted by atomic mass is 10.2. The normalized spacial score (nSPS) is 9.60. The first-order valence-electron chi connectivity index (χ1n) is 4.42. The van der Waals surface area contributed by atoms with E-state index in [2.05, 4.69) is 27.0 Å². The van der Waals surface area contributed by atoms with Crippen LogP contribution in [0.5, 0.6) is 0 Å². The summed E-state index contributed by atoms with van der Waals surface area (Å²) in [5, 5.41) is 9.16. The average Bonchev–Trinajstić information content (AvgIpc) is 2.15. The predicted octanol–water partition coefficient (Wildman–Crippen LogP) is 1.85. The zero-order valence-corrected chi connectivity index (χ0v) is 10.8. The van der Waals surface area contributed by atoms with Gasteiger partial charge in [-0.3, -0.25) is 0 Å². The maximum atomic E-state index is 9.16. The Kier molecular flexibility index (Phi) is 3.53. The largest absolute Gasteiger partial charge is 0.376 e. The van der Waals surface area contributed by atoms with E-state index < -0.39 is 0 Å². The number of pyridine rings is 1. The van der Waals surface area contributed by atoms with E-state index in [1.54, 1.807) is 6.20 Å². The molecular formula is C10H13BrN4. The summed E-state index contributed by atoms with van der Waals surface area (Å²) in [5.74, 6) is 0.685. The van der Waals surface area contributed by atoms with Crippen LogP contribution >= 0.6 is 15.9 Å². The van der Waals surface area contributed by atoms with Crippen molar-refractivity contribution in [3.63, 3.8) is 0 Å². The van der Waals surface area contributed by atoms with Crippen molar-refractivity contribution in [2.45, 2.75) is 0 Å². The minimum Gasteiger partial charge on any atom is -0.376 e. The maximum Gasteiger partial charge on any atom is 0.148 e. The van der Waals surface area contributed by atoms with Gasteiger partial charge in [-0.25, -0.2) is 4.98 Å². The van der Waals surface area contributed by atoms with Crippen LogP contribution in [0, 0.1) is 11.3 Å². The Bertz CT molecular complexity index is 407. The van der Waals surface area contributed by atoms with Crippen molar-refractivity contribution in [2.75, 3.05) is 38.0 Å². The monoisotopic (exact) mass is 268 g/mol. The van der Waals surface area contributed by atoms with Gasteiger partial charge in [0.15, 0.2) is 0 Å². The third kappa shape index (κ3) is 2.21. The molecule has 0 amide bonds. The van der Waals surface area contributed by atoms with Crippen LogP contribution in [0.2, 0.25) is 0 Å². The summed E-state index contributed by atoms with van der Waals surface area (Å²) in [5.41, 5.74) is 1.44. The number of hydrogen-bond acceptors (Lipinski definition) is 4. The second-order valence-electron chi connectivity index (χ2n) is 3.55. The molecule has 0 radical (unpaired) electrons. The van der Waals surface area contributed by atoms with E-state index in [0.29, 0.717) is 11.4 Å². The van der Waals surface area contributed by atoms with E-state index in [-0.39, 0.29) is 0 Å². The van der Waals surface area contributed by atoms with E-state index in [1.165, 1.54) is 0 Å². The van der Waals surface area contributed by atoms with Crippen LogP contribution in [0.3, 0.4) is 0 Å². The van der Waals surface area contributed by atoms with Crippen molar-refractivity contribution >= 4 is 27.4 Å². The summed E-state index contributed by atoms with van der Waals surface area (Å²) in [6, 6.07) is 2.19. The van der Waals surface area contributed by atoms with Gasteiger partial charge in [-0.05, 0) is 15.9 Å². The third-order valence-corrected chi connectivity index (χ3v) is 2.55. The van der Waals surface area contributed by atoms with Crippen molar-refractivity contribution < 1.29 is 0 Å². The van der Waals surface area contributed by atoms with Gasteiger partial charge in [0.05, 0.1) is 10.2 Å². The van der Waals surface area contributed by atoms with Gasteiger partial charge in [0.1, 0.15) is 17.5 Å². The Morgan fingerprint density at radius 1 is 1.27 bits per heavy atom. The average molecular weight is 269 g/mol. The number of halogens is 1. The molecular weight excluding hydrogens is 256 g/mol. The van der Waals surface area contributed by atoms with E-state index in [1.807, 2.05) is 38.0 Å². The quantitative estimate of drug-likeness (QED) is 0.821. The Morgan fingerprint density at radius 3 is 2.27 bits per heavy atom. The van der Waals surface area contributed by atoms with Crippen molar-refractivity contribution in [1.29, 1.82) is 5.26 Å². The molecule has 0 aliphatic rings. The molecule has 1 aromatic heterocycles. The highest BCUT2D eigenvalue weighted by Crippen LogP contribution is 2.32. The molecule has 0 aromatic carbocycles. The number of nitrogens with zero attached hydrogens (tertiary/aromatic N) is 4. The third-order valence-electron chi connectivity index (χ3n) is 1.97. The molecule has 1 heterocycles. The maximum absolute atomic E-state index is 9.16. The second kappa shape index (κ2) is 4.49. The summed E-state index contributed by atoms with van der Waals surface area (Å²) in [4.78, 5) is 7.95. The Morgan fingerprint density at radius 2 is 1.87 bits per heavy atom. The molecule has 4 nitrogen and oxygen atoms in total. The molecule has 0 saturated heterocycles. The highest BCUT2D eigenvalue weighted by molar-refractivity contribution is 9.10. The van der Waals surface area contributed by atoms with Crippen LogP contribution in [0.15, 0.2) is 10.7 Å². The molecule has 0 bridgehead atoms. The minimum atomic E-state index is 0.583. The Labute approximate surface area is 98.3 Å². The van der Waals surface area contributed by atoms with Gasteiger partial charge in [-0.2, -0.15) is 5.26 Å². The van der Waals surface area contributed by atoms with Crippen molar-refractivity contribution in [3.05, 3.63) is 16.2 Å². The van der Waals surface area contributed by atoms with Gasteiger partial charge in [-0.1, -0.05) is 0 Å². The lowest BCUT2D eigenvalue weighted by molar-refractivity contribution is 1.03. The molecule has 0 N–H and O–H groups in total. The van der Waals surface area contributed by atoms with Crippen LogP contribution in [0.4, 0.5) is 11.5 Å². The topological polar surface area (TPSA) is 43.2 Å². The first-order valence-corrected chi connectivity index (χ1v) is 5.21. The Balaban J connectivity index is 3.49. The summed E-state index contributed by atoms with van der Waals surface area (Å²) in [6.07, 6.45) is 1.71. The summed E-state index contributed by atoms with van der Waals surface area (Å²) < 4.78 is 0.828.